The zero-order valence-corrected chi connectivity index (χ0v) is 8.85. The molecule has 0 radical (unpaired) electrons. The van der Waals surface area contributed by atoms with Crippen LogP contribution in [-0.4, -0.2) is 29.8 Å². The van der Waals surface area contributed by atoms with Gasteiger partial charge in [-0.1, -0.05) is 6.92 Å². The van der Waals surface area contributed by atoms with Crippen LogP contribution in [0.4, 0.5) is 5.69 Å². The van der Waals surface area contributed by atoms with Gasteiger partial charge in [0.05, 0.1) is 18.5 Å². The molecule has 1 aromatic heterocycles. The molecule has 1 rings (SSSR count). The van der Waals surface area contributed by atoms with Gasteiger partial charge in [0, 0.05) is 13.1 Å². The van der Waals surface area contributed by atoms with Crippen molar-refractivity contribution in [3.63, 3.8) is 0 Å². The summed E-state index contributed by atoms with van der Waals surface area (Å²) in [4.78, 5) is 6.05. The highest BCUT2D eigenvalue weighted by molar-refractivity contribution is 5.45. The molecular formula is C11H15N3O. The molecule has 0 unspecified atom stereocenters. The Morgan fingerprint density at radius 2 is 2.27 bits per heavy atom. The summed E-state index contributed by atoms with van der Waals surface area (Å²) in [6.45, 7) is 3.69. The fourth-order valence-corrected chi connectivity index (χ4v) is 1.40. The van der Waals surface area contributed by atoms with Crippen molar-refractivity contribution in [3.05, 3.63) is 24.0 Å². The van der Waals surface area contributed by atoms with E-state index in [0.29, 0.717) is 12.2 Å². The van der Waals surface area contributed by atoms with E-state index >= 15 is 0 Å². The van der Waals surface area contributed by atoms with Gasteiger partial charge in [0.15, 0.2) is 0 Å². The molecule has 0 atom stereocenters. The largest absolute Gasteiger partial charge is 0.395 e. The van der Waals surface area contributed by atoms with Gasteiger partial charge in [0.1, 0.15) is 11.8 Å². The number of nitriles is 1. The number of pyridine rings is 1. The van der Waals surface area contributed by atoms with Crippen LogP contribution in [0.25, 0.3) is 0 Å². The van der Waals surface area contributed by atoms with Gasteiger partial charge in [-0.25, -0.2) is 4.98 Å². The summed E-state index contributed by atoms with van der Waals surface area (Å²) >= 11 is 0. The molecule has 0 aromatic carbocycles. The molecule has 1 aromatic rings. The van der Waals surface area contributed by atoms with Crippen molar-refractivity contribution < 1.29 is 5.11 Å². The van der Waals surface area contributed by atoms with Crippen LogP contribution in [0, 0.1) is 11.3 Å². The highest BCUT2D eigenvalue weighted by atomic mass is 16.3. The Labute approximate surface area is 89.8 Å². The van der Waals surface area contributed by atoms with Crippen LogP contribution in [0.2, 0.25) is 0 Å². The van der Waals surface area contributed by atoms with Crippen molar-refractivity contribution in [3.8, 4) is 6.07 Å². The average molecular weight is 205 g/mol. The number of aliphatic hydroxyl groups excluding tert-OH is 1. The second kappa shape index (κ2) is 5.99. The van der Waals surface area contributed by atoms with Crippen molar-refractivity contribution in [2.24, 2.45) is 0 Å². The van der Waals surface area contributed by atoms with Crippen molar-refractivity contribution >= 4 is 5.69 Å². The van der Waals surface area contributed by atoms with Gasteiger partial charge in [-0.15, -0.1) is 0 Å². The van der Waals surface area contributed by atoms with Gasteiger partial charge >= 0.3 is 0 Å². The van der Waals surface area contributed by atoms with Crippen molar-refractivity contribution in [1.82, 2.24) is 4.98 Å². The molecule has 0 amide bonds. The smallest absolute Gasteiger partial charge is 0.140 e. The summed E-state index contributed by atoms with van der Waals surface area (Å²) in [6, 6.07) is 5.53. The van der Waals surface area contributed by atoms with Gasteiger partial charge in [-0.05, 0) is 18.6 Å². The molecule has 4 nitrogen and oxygen atoms in total. The maximum Gasteiger partial charge on any atom is 0.140 e. The van der Waals surface area contributed by atoms with E-state index in [4.69, 9.17) is 10.4 Å². The molecule has 0 aliphatic carbocycles. The van der Waals surface area contributed by atoms with Crippen LogP contribution in [0.15, 0.2) is 18.3 Å². The van der Waals surface area contributed by atoms with E-state index in [0.717, 1.165) is 18.7 Å². The molecule has 0 bridgehead atoms. The third-order valence-electron chi connectivity index (χ3n) is 2.09. The van der Waals surface area contributed by atoms with Gasteiger partial charge < -0.3 is 10.0 Å². The van der Waals surface area contributed by atoms with E-state index in [2.05, 4.69) is 11.9 Å². The first-order valence-electron chi connectivity index (χ1n) is 5.03. The third-order valence-corrected chi connectivity index (χ3v) is 2.09. The van der Waals surface area contributed by atoms with E-state index in [1.54, 1.807) is 12.3 Å². The summed E-state index contributed by atoms with van der Waals surface area (Å²) in [5.74, 6) is 0. The highest BCUT2D eigenvalue weighted by Crippen LogP contribution is 2.12. The quantitative estimate of drug-likeness (QED) is 0.783. The molecule has 80 valence electrons. The Morgan fingerprint density at radius 1 is 1.47 bits per heavy atom. The summed E-state index contributed by atoms with van der Waals surface area (Å²) in [7, 11) is 0. The summed E-state index contributed by atoms with van der Waals surface area (Å²) in [5, 5.41) is 17.5. The summed E-state index contributed by atoms with van der Waals surface area (Å²) in [6.07, 6.45) is 2.68. The molecule has 0 fully saturated rings. The molecule has 0 spiro atoms. The molecule has 15 heavy (non-hydrogen) atoms. The van der Waals surface area contributed by atoms with Crippen molar-refractivity contribution in [2.75, 3.05) is 24.6 Å². The molecule has 1 N–H and O–H groups in total. The predicted octanol–water partition coefficient (Wildman–Crippen LogP) is 1.16. The molecule has 0 saturated carbocycles. The topological polar surface area (TPSA) is 60.1 Å². The molecule has 4 heteroatoms. The maximum absolute atomic E-state index is 8.91. The Kier molecular flexibility index (Phi) is 4.58. The molecule has 1 heterocycles. The van der Waals surface area contributed by atoms with Gasteiger partial charge in [-0.2, -0.15) is 5.26 Å². The van der Waals surface area contributed by atoms with E-state index in [9.17, 15) is 0 Å². The monoisotopic (exact) mass is 205 g/mol. The lowest BCUT2D eigenvalue weighted by molar-refractivity contribution is 0.302. The predicted molar refractivity (Wildman–Crippen MR) is 58.5 cm³/mol. The Hall–Kier alpha value is -1.60. The Morgan fingerprint density at radius 3 is 2.73 bits per heavy atom. The number of hydrogen-bond acceptors (Lipinski definition) is 4. The van der Waals surface area contributed by atoms with Crippen LogP contribution in [-0.2, 0) is 0 Å². The van der Waals surface area contributed by atoms with E-state index in [1.165, 1.54) is 0 Å². The minimum atomic E-state index is 0.125. The second-order valence-corrected chi connectivity index (χ2v) is 3.22. The second-order valence-electron chi connectivity index (χ2n) is 3.22. The number of rotatable bonds is 5. The van der Waals surface area contributed by atoms with E-state index < -0.39 is 0 Å². The van der Waals surface area contributed by atoms with Gasteiger partial charge in [-0.3, -0.25) is 0 Å². The molecule has 0 saturated heterocycles. The maximum atomic E-state index is 8.91. The minimum absolute atomic E-state index is 0.125. The number of anilines is 1. The first kappa shape index (κ1) is 11.5. The van der Waals surface area contributed by atoms with Crippen LogP contribution >= 0.6 is 0 Å². The number of nitrogens with zero attached hydrogens (tertiary/aromatic N) is 3. The molecule has 0 aliphatic heterocycles. The lowest BCUT2D eigenvalue weighted by atomic mass is 10.3. The van der Waals surface area contributed by atoms with E-state index in [-0.39, 0.29) is 6.61 Å². The summed E-state index contributed by atoms with van der Waals surface area (Å²) < 4.78 is 0. The van der Waals surface area contributed by atoms with Crippen molar-refractivity contribution in [2.45, 2.75) is 13.3 Å². The van der Waals surface area contributed by atoms with Gasteiger partial charge in [0.2, 0.25) is 0 Å². The van der Waals surface area contributed by atoms with Crippen LogP contribution in [0.1, 0.15) is 19.0 Å². The summed E-state index contributed by atoms with van der Waals surface area (Å²) in [5.41, 5.74) is 1.36. The lowest BCUT2D eigenvalue weighted by Gasteiger charge is -2.22. The zero-order chi connectivity index (χ0) is 11.1. The lowest BCUT2D eigenvalue weighted by Crippen LogP contribution is -2.27. The minimum Gasteiger partial charge on any atom is -0.395 e. The SMILES string of the molecule is CCCN(CCO)c1ccc(C#N)nc1. The number of hydrogen-bond donors (Lipinski definition) is 1. The first-order chi connectivity index (χ1) is 7.31. The Bertz CT molecular complexity index is 323. The normalized spacial score (nSPS) is 9.67. The molecular weight excluding hydrogens is 190 g/mol. The first-order valence-corrected chi connectivity index (χ1v) is 5.03. The Balaban J connectivity index is 2.77. The average Bonchev–Trinajstić information content (AvgIpc) is 2.29. The third kappa shape index (κ3) is 3.22. The van der Waals surface area contributed by atoms with Crippen molar-refractivity contribution in [1.29, 1.82) is 5.26 Å². The van der Waals surface area contributed by atoms with E-state index in [1.807, 2.05) is 17.0 Å². The molecule has 0 aliphatic rings. The standard InChI is InChI=1S/C11H15N3O/c1-2-5-14(6-7-15)11-4-3-10(8-12)13-9-11/h3-4,9,15H,2,5-7H2,1H3. The fraction of sp³-hybridized carbons (Fsp3) is 0.455. The highest BCUT2D eigenvalue weighted by Gasteiger charge is 2.04. The number of aromatic nitrogens is 1. The number of aliphatic hydroxyl groups is 1. The van der Waals surface area contributed by atoms with Gasteiger partial charge in [0.25, 0.3) is 0 Å². The van der Waals surface area contributed by atoms with Crippen LogP contribution < -0.4 is 4.90 Å². The van der Waals surface area contributed by atoms with Crippen LogP contribution in [0.5, 0.6) is 0 Å². The van der Waals surface area contributed by atoms with Crippen LogP contribution in [0.3, 0.4) is 0 Å². The zero-order valence-electron chi connectivity index (χ0n) is 8.85. The fourth-order valence-electron chi connectivity index (χ4n) is 1.40.